The summed E-state index contributed by atoms with van der Waals surface area (Å²) in [6.07, 6.45) is 4.30. The van der Waals surface area contributed by atoms with Crippen molar-refractivity contribution in [2.75, 3.05) is 26.2 Å². The summed E-state index contributed by atoms with van der Waals surface area (Å²) >= 11 is 0. The molecule has 1 amide bonds. The Kier molecular flexibility index (Phi) is 4.53. The number of hydrogen-bond acceptors (Lipinski definition) is 2. The summed E-state index contributed by atoms with van der Waals surface area (Å²) in [5.41, 5.74) is 1.55. The van der Waals surface area contributed by atoms with E-state index in [4.69, 9.17) is 0 Å². The first-order valence-electron chi connectivity index (χ1n) is 8.68. The van der Waals surface area contributed by atoms with Crippen LogP contribution in [0.5, 0.6) is 0 Å². The van der Waals surface area contributed by atoms with Crippen molar-refractivity contribution >= 4 is 5.91 Å². The van der Waals surface area contributed by atoms with Crippen molar-refractivity contribution in [3.05, 3.63) is 35.9 Å². The second-order valence-corrected chi connectivity index (χ2v) is 7.21. The molecule has 2 heterocycles. The van der Waals surface area contributed by atoms with Gasteiger partial charge in [-0.1, -0.05) is 37.3 Å². The van der Waals surface area contributed by atoms with Crippen LogP contribution in [0, 0.1) is 5.41 Å². The Morgan fingerprint density at radius 2 is 1.82 bits per heavy atom. The molecule has 1 spiro atoms. The number of amides is 1. The minimum absolute atomic E-state index is 0.293. The van der Waals surface area contributed by atoms with Crippen LogP contribution < -0.4 is 0 Å². The molecule has 0 N–H and O–H groups in total. The van der Waals surface area contributed by atoms with Crippen molar-refractivity contribution in [1.82, 2.24) is 9.80 Å². The average Bonchev–Trinajstić information content (AvgIpc) is 2.53. The van der Waals surface area contributed by atoms with Gasteiger partial charge in [0.15, 0.2) is 0 Å². The molecule has 2 fully saturated rings. The number of carbonyl (C=O) groups excluding carboxylic acids is 1. The van der Waals surface area contributed by atoms with Crippen molar-refractivity contribution in [2.24, 2.45) is 5.41 Å². The van der Waals surface area contributed by atoms with Gasteiger partial charge >= 0.3 is 0 Å². The van der Waals surface area contributed by atoms with Gasteiger partial charge in [-0.15, -0.1) is 0 Å². The van der Waals surface area contributed by atoms with E-state index in [9.17, 15) is 4.79 Å². The predicted molar refractivity (Wildman–Crippen MR) is 89.7 cm³/mol. The van der Waals surface area contributed by atoms with Gasteiger partial charge in [0.1, 0.15) is 0 Å². The Bertz CT molecular complexity index is 497. The molecule has 0 radical (unpaired) electrons. The molecule has 1 atom stereocenters. The van der Waals surface area contributed by atoms with Gasteiger partial charge in [-0.25, -0.2) is 0 Å². The Labute approximate surface area is 134 Å². The Hall–Kier alpha value is -1.35. The molecule has 1 aromatic carbocycles. The Morgan fingerprint density at radius 3 is 2.41 bits per heavy atom. The van der Waals surface area contributed by atoms with Gasteiger partial charge in [-0.05, 0) is 44.8 Å². The number of piperidine rings is 1. The zero-order chi connectivity index (χ0) is 15.6. The SMILES string of the molecule is CCC(C)N1CCC2(CC1)CN(C(=O)Cc1ccccc1)C2. The van der Waals surface area contributed by atoms with Crippen LogP contribution in [0.4, 0.5) is 0 Å². The molecule has 1 unspecified atom stereocenters. The van der Waals surface area contributed by atoms with Crippen LogP contribution in [-0.4, -0.2) is 47.9 Å². The molecule has 2 saturated heterocycles. The highest BCUT2D eigenvalue weighted by molar-refractivity contribution is 5.79. The summed E-state index contributed by atoms with van der Waals surface area (Å²) in [5, 5.41) is 0. The van der Waals surface area contributed by atoms with Crippen LogP contribution in [0.2, 0.25) is 0 Å². The zero-order valence-corrected chi connectivity index (χ0v) is 13.9. The van der Waals surface area contributed by atoms with Crippen molar-refractivity contribution in [2.45, 2.75) is 45.6 Å². The lowest BCUT2D eigenvalue weighted by Crippen LogP contribution is -2.62. The summed E-state index contributed by atoms with van der Waals surface area (Å²) in [4.78, 5) is 17.0. The van der Waals surface area contributed by atoms with Gasteiger partial charge in [0.25, 0.3) is 0 Å². The third kappa shape index (κ3) is 3.19. The molecule has 0 aliphatic carbocycles. The molecular formula is C19H28N2O. The number of nitrogens with zero attached hydrogens (tertiary/aromatic N) is 2. The lowest BCUT2D eigenvalue weighted by atomic mass is 9.71. The number of carbonyl (C=O) groups is 1. The van der Waals surface area contributed by atoms with E-state index in [-0.39, 0.29) is 0 Å². The minimum atomic E-state index is 0.293. The first kappa shape index (κ1) is 15.5. The van der Waals surface area contributed by atoms with Crippen LogP contribution >= 0.6 is 0 Å². The lowest BCUT2D eigenvalue weighted by Gasteiger charge is -2.54. The van der Waals surface area contributed by atoms with Crippen LogP contribution in [0.15, 0.2) is 30.3 Å². The first-order chi connectivity index (χ1) is 10.6. The maximum atomic E-state index is 12.4. The average molecular weight is 300 g/mol. The number of rotatable bonds is 4. The molecule has 0 aromatic heterocycles. The molecule has 3 heteroatoms. The normalized spacial score (nSPS) is 22.4. The molecule has 0 saturated carbocycles. The molecule has 0 bridgehead atoms. The summed E-state index contributed by atoms with van der Waals surface area (Å²) < 4.78 is 0. The fourth-order valence-corrected chi connectivity index (χ4v) is 3.84. The summed E-state index contributed by atoms with van der Waals surface area (Å²) in [6.45, 7) is 8.96. The van der Waals surface area contributed by atoms with Gasteiger partial charge in [0.05, 0.1) is 6.42 Å². The van der Waals surface area contributed by atoms with Gasteiger partial charge in [0, 0.05) is 24.5 Å². The van der Waals surface area contributed by atoms with Gasteiger partial charge < -0.3 is 9.80 Å². The molecule has 2 aliphatic rings. The number of hydrogen-bond donors (Lipinski definition) is 0. The van der Waals surface area contributed by atoms with E-state index in [1.165, 1.54) is 32.4 Å². The van der Waals surface area contributed by atoms with Crippen LogP contribution in [0.3, 0.4) is 0 Å². The summed E-state index contributed by atoms with van der Waals surface area (Å²) in [6, 6.07) is 10.8. The standard InChI is InChI=1S/C19H28N2O/c1-3-16(2)20-11-9-19(10-12-20)14-21(15-19)18(22)13-17-7-5-4-6-8-17/h4-8,16H,3,9-15H2,1-2H3. The van der Waals surface area contributed by atoms with E-state index < -0.39 is 0 Å². The van der Waals surface area contributed by atoms with Gasteiger partial charge in [-0.3, -0.25) is 4.79 Å². The molecule has 2 aliphatic heterocycles. The second-order valence-electron chi connectivity index (χ2n) is 7.21. The fraction of sp³-hybridized carbons (Fsp3) is 0.632. The molecule has 22 heavy (non-hydrogen) atoms. The quantitative estimate of drug-likeness (QED) is 0.853. The summed E-state index contributed by atoms with van der Waals surface area (Å²) in [5.74, 6) is 0.293. The van der Waals surface area contributed by atoms with E-state index >= 15 is 0 Å². The highest BCUT2D eigenvalue weighted by Gasteiger charge is 2.46. The molecule has 3 nitrogen and oxygen atoms in total. The smallest absolute Gasteiger partial charge is 0.227 e. The van der Waals surface area contributed by atoms with Crippen molar-refractivity contribution < 1.29 is 4.79 Å². The van der Waals surface area contributed by atoms with Gasteiger partial charge in [-0.2, -0.15) is 0 Å². The van der Waals surface area contributed by atoms with Crippen LogP contribution in [0.1, 0.15) is 38.7 Å². The first-order valence-corrected chi connectivity index (χ1v) is 8.68. The van der Waals surface area contributed by atoms with E-state index in [1.807, 2.05) is 30.3 Å². The molecular weight excluding hydrogens is 272 g/mol. The topological polar surface area (TPSA) is 23.6 Å². The van der Waals surface area contributed by atoms with E-state index in [2.05, 4.69) is 23.6 Å². The zero-order valence-electron chi connectivity index (χ0n) is 13.9. The minimum Gasteiger partial charge on any atom is -0.341 e. The third-order valence-electron chi connectivity index (χ3n) is 5.68. The van der Waals surface area contributed by atoms with Crippen molar-refractivity contribution in [3.63, 3.8) is 0 Å². The van der Waals surface area contributed by atoms with E-state index in [0.29, 0.717) is 23.8 Å². The van der Waals surface area contributed by atoms with Crippen molar-refractivity contribution in [3.8, 4) is 0 Å². The number of likely N-dealkylation sites (tertiary alicyclic amines) is 2. The summed E-state index contributed by atoms with van der Waals surface area (Å²) in [7, 11) is 0. The highest BCUT2D eigenvalue weighted by atomic mass is 16.2. The monoisotopic (exact) mass is 300 g/mol. The van der Waals surface area contributed by atoms with Crippen molar-refractivity contribution in [1.29, 1.82) is 0 Å². The largest absolute Gasteiger partial charge is 0.341 e. The molecule has 120 valence electrons. The lowest BCUT2D eigenvalue weighted by molar-refractivity contribution is -0.146. The third-order valence-corrected chi connectivity index (χ3v) is 5.68. The van der Waals surface area contributed by atoms with Gasteiger partial charge in [0.2, 0.25) is 5.91 Å². The van der Waals surface area contributed by atoms with E-state index in [1.54, 1.807) is 0 Å². The molecule has 1 aromatic rings. The van der Waals surface area contributed by atoms with Crippen LogP contribution in [0.25, 0.3) is 0 Å². The predicted octanol–water partition coefficient (Wildman–Crippen LogP) is 2.95. The van der Waals surface area contributed by atoms with Crippen LogP contribution in [-0.2, 0) is 11.2 Å². The molecule has 3 rings (SSSR count). The fourth-order valence-electron chi connectivity index (χ4n) is 3.84. The maximum Gasteiger partial charge on any atom is 0.227 e. The Balaban J connectivity index is 1.47. The second kappa shape index (κ2) is 6.41. The Morgan fingerprint density at radius 1 is 1.18 bits per heavy atom. The highest BCUT2D eigenvalue weighted by Crippen LogP contribution is 2.41. The maximum absolute atomic E-state index is 12.4. The van der Waals surface area contributed by atoms with E-state index in [0.717, 1.165) is 18.7 Å². The number of benzene rings is 1.